The molecule has 0 bridgehead atoms. The number of ether oxygens (including phenoxy) is 1. The molecule has 19 heavy (non-hydrogen) atoms. The average molecular weight is 275 g/mol. The molecule has 0 saturated carbocycles. The fraction of sp³-hybridized carbons (Fsp3) is 0.364. The minimum absolute atomic E-state index is 0.0895. The van der Waals surface area contributed by atoms with Crippen molar-refractivity contribution in [1.29, 1.82) is 0 Å². The van der Waals surface area contributed by atoms with Gasteiger partial charge in [0, 0.05) is 12.4 Å². The number of carbonyl (C=O) groups is 1. The molecule has 0 atom stereocenters. The molecule has 0 N–H and O–H groups in total. The number of hydrogen-bond donors (Lipinski definition) is 0. The van der Waals surface area contributed by atoms with Gasteiger partial charge in [0.05, 0.1) is 13.5 Å². The van der Waals surface area contributed by atoms with E-state index in [0.29, 0.717) is 5.70 Å². The minimum atomic E-state index is -4.37. The second kappa shape index (κ2) is 5.68. The summed E-state index contributed by atoms with van der Waals surface area (Å²) in [6, 6.07) is 0. The van der Waals surface area contributed by atoms with Gasteiger partial charge in [0.25, 0.3) is 0 Å². The van der Waals surface area contributed by atoms with Crippen molar-refractivity contribution in [3.8, 4) is 0 Å². The first-order chi connectivity index (χ1) is 8.78. The number of halogens is 3. The van der Waals surface area contributed by atoms with Crippen LogP contribution in [0.1, 0.15) is 13.3 Å². The summed E-state index contributed by atoms with van der Waals surface area (Å²) in [7, 11) is 1.16. The number of allylic oxidation sites excluding steroid dienone is 2. The third-order valence-corrected chi connectivity index (χ3v) is 2.18. The van der Waals surface area contributed by atoms with E-state index >= 15 is 0 Å². The van der Waals surface area contributed by atoms with Crippen LogP contribution in [0.2, 0.25) is 0 Å². The highest BCUT2D eigenvalue weighted by molar-refractivity contribution is 6.41. The Hall–Kier alpha value is -2.12. The van der Waals surface area contributed by atoms with Crippen molar-refractivity contribution in [3.63, 3.8) is 0 Å². The quantitative estimate of drug-likeness (QED) is 0.586. The Labute approximate surface area is 107 Å². The van der Waals surface area contributed by atoms with Gasteiger partial charge in [-0.25, -0.2) is 14.8 Å². The van der Waals surface area contributed by atoms with Gasteiger partial charge in [0.15, 0.2) is 11.5 Å². The molecule has 104 valence electrons. The highest BCUT2D eigenvalue weighted by atomic mass is 19.4. The second-order valence-electron chi connectivity index (χ2n) is 3.61. The van der Waals surface area contributed by atoms with Crippen molar-refractivity contribution < 1.29 is 22.7 Å². The molecule has 0 amide bonds. The Kier molecular flexibility index (Phi) is 4.47. The Morgan fingerprint density at radius 1 is 1.63 bits per heavy atom. The van der Waals surface area contributed by atoms with E-state index in [1.54, 1.807) is 6.92 Å². The van der Waals surface area contributed by atoms with Crippen LogP contribution in [0.4, 0.5) is 13.2 Å². The monoisotopic (exact) mass is 275 g/mol. The standard InChI is InChI=1S/C11H12F3N3O2/c1-7-6-8(10(18)19-3)16-9(17(7)15-2)4-5-11(12,13)14/h4,6H,2,5H2,1,3H3/b9-4-. The van der Waals surface area contributed by atoms with Crippen LogP contribution in [0.15, 0.2) is 33.8 Å². The van der Waals surface area contributed by atoms with Gasteiger partial charge < -0.3 is 4.74 Å². The average Bonchev–Trinajstić information content (AvgIpc) is 2.33. The number of aliphatic imine (C=N–C) groups is 1. The summed E-state index contributed by atoms with van der Waals surface area (Å²) >= 11 is 0. The summed E-state index contributed by atoms with van der Waals surface area (Å²) in [6.07, 6.45) is -3.37. The number of esters is 1. The lowest BCUT2D eigenvalue weighted by molar-refractivity contribution is -0.132. The molecule has 5 nitrogen and oxygen atoms in total. The van der Waals surface area contributed by atoms with Gasteiger partial charge >= 0.3 is 12.1 Å². The fourth-order valence-electron chi connectivity index (χ4n) is 1.37. The maximum atomic E-state index is 12.2. The van der Waals surface area contributed by atoms with E-state index in [2.05, 4.69) is 21.5 Å². The lowest BCUT2D eigenvalue weighted by Gasteiger charge is -2.23. The number of hydrazone groups is 1. The summed E-state index contributed by atoms with van der Waals surface area (Å²) in [5.74, 6) is -0.853. The Morgan fingerprint density at radius 3 is 2.74 bits per heavy atom. The summed E-state index contributed by atoms with van der Waals surface area (Å²) in [5, 5.41) is 4.66. The molecule has 0 radical (unpaired) electrons. The van der Waals surface area contributed by atoms with Crippen molar-refractivity contribution in [2.45, 2.75) is 19.5 Å². The minimum Gasteiger partial charge on any atom is -0.464 e. The first-order valence-electron chi connectivity index (χ1n) is 5.17. The van der Waals surface area contributed by atoms with Gasteiger partial charge in [-0.3, -0.25) is 0 Å². The van der Waals surface area contributed by atoms with E-state index in [1.165, 1.54) is 6.08 Å². The maximum Gasteiger partial charge on any atom is 0.392 e. The molecule has 8 heteroatoms. The van der Waals surface area contributed by atoms with Gasteiger partial charge in [-0.15, -0.1) is 0 Å². The number of alkyl halides is 3. The van der Waals surface area contributed by atoms with Crippen LogP contribution < -0.4 is 0 Å². The lowest BCUT2D eigenvalue weighted by atomic mass is 10.2. The van der Waals surface area contributed by atoms with Crippen molar-refractivity contribution in [2.75, 3.05) is 7.11 Å². The van der Waals surface area contributed by atoms with Crippen molar-refractivity contribution in [3.05, 3.63) is 23.7 Å². The van der Waals surface area contributed by atoms with Crippen molar-refractivity contribution in [2.24, 2.45) is 10.1 Å². The van der Waals surface area contributed by atoms with E-state index in [1.807, 2.05) is 0 Å². The number of methoxy groups -OCH3 is 1. The third kappa shape index (κ3) is 3.94. The van der Waals surface area contributed by atoms with Gasteiger partial charge in [0.2, 0.25) is 0 Å². The van der Waals surface area contributed by atoms with Gasteiger partial charge in [-0.1, -0.05) is 0 Å². The normalized spacial score (nSPS) is 17.9. The SMILES string of the molecule is C=NN1C(C)=CC(C(=O)OC)=N/C1=C/CC(F)(F)F. The predicted molar refractivity (Wildman–Crippen MR) is 63.4 cm³/mol. The third-order valence-electron chi connectivity index (χ3n) is 2.18. The summed E-state index contributed by atoms with van der Waals surface area (Å²) in [4.78, 5) is 15.1. The molecular formula is C11H12F3N3O2. The molecule has 1 heterocycles. The molecule has 0 aliphatic carbocycles. The Morgan fingerprint density at radius 2 is 2.26 bits per heavy atom. The van der Waals surface area contributed by atoms with Crippen LogP contribution in [0.3, 0.4) is 0 Å². The first kappa shape index (κ1) is 14.9. The van der Waals surface area contributed by atoms with E-state index in [0.717, 1.165) is 18.2 Å². The zero-order valence-corrected chi connectivity index (χ0v) is 10.4. The molecule has 0 fully saturated rings. The fourth-order valence-corrected chi connectivity index (χ4v) is 1.37. The van der Waals surface area contributed by atoms with Crippen molar-refractivity contribution in [1.82, 2.24) is 5.01 Å². The molecule has 1 aliphatic rings. The number of rotatable bonds is 3. The van der Waals surface area contributed by atoms with Crippen LogP contribution in [0.25, 0.3) is 0 Å². The highest BCUT2D eigenvalue weighted by Gasteiger charge is 2.27. The number of nitrogens with zero attached hydrogens (tertiary/aromatic N) is 3. The molecular weight excluding hydrogens is 263 g/mol. The molecule has 1 rings (SSSR count). The molecule has 1 aliphatic heterocycles. The molecule has 0 aromatic carbocycles. The second-order valence-corrected chi connectivity index (χ2v) is 3.61. The van der Waals surface area contributed by atoms with Crippen LogP contribution in [-0.2, 0) is 9.53 Å². The maximum absolute atomic E-state index is 12.2. The van der Waals surface area contributed by atoms with Crippen LogP contribution in [0.5, 0.6) is 0 Å². The Bertz CT molecular complexity index is 478. The van der Waals surface area contributed by atoms with Gasteiger partial charge in [-0.05, 0) is 19.1 Å². The molecule has 0 aromatic heterocycles. The number of hydrogen-bond acceptors (Lipinski definition) is 5. The van der Waals surface area contributed by atoms with E-state index in [-0.39, 0.29) is 11.5 Å². The highest BCUT2D eigenvalue weighted by Crippen LogP contribution is 2.25. The van der Waals surface area contributed by atoms with E-state index < -0.39 is 18.6 Å². The van der Waals surface area contributed by atoms with Gasteiger partial charge in [0.1, 0.15) is 0 Å². The molecule has 0 saturated heterocycles. The smallest absolute Gasteiger partial charge is 0.392 e. The zero-order valence-electron chi connectivity index (χ0n) is 10.4. The topological polar surface area (TPSA) is 54.3 Å². The van der Waals surface area contributed by atoms with Crippen LogP contribution in [0, 0.1) is 0 Å². The largest absolute Gasteiger partial charge is 0.464 e. The van der Waals surface area contributed by atoms with Crippen LogP contribution >= 0.6 is 0 Å². The Balaban J connectivity index is 3.11. The van der Waals surface area contributed by atoms with Crippen LogP contribution in [-0.4, -0.2) is 36.7 Å². The lowest BCUT2D eigenvalue weighted by Crippen LogP contribution is -2.25. The summed E-state index contributed by atoms with van der Waals surface area (Å²) in [5.41, 5.74) is 0.326. The van der Waals surface area contributed by atoms with Crippen molar-refractivity contribution >= 4 is 18.4 Å². The number of carbonyl (C=O) groups excluding carboxylic acids is 1. The van der Waals surface area contributed by atoms with Gasteiger partial charge in [-0.2, -0.15) is 18.3 Å². The molecule has 0 aromatic rings. The summed E-state index contributed by atoms with van der Waals surface area (Å²) < 4.78 is 41.1. The molecule has 0 unspecified atom stereocenters. The zero-order chi connectivity index (χ0) is 14.6. The predicted octanol–water partition coefficient (Wildman–Crippen LogP) is 2.23. The summed E-state index contributed by atoms with van der Waals surface area (Å²) in [6.45, 7) is 4.81. The van der Waals surface area contributed by atoms with E-state index in [4.69, 9.17) is 0 Å². The molecule has 0 spiro atoms. The first-order valence-corrected chi connectivity index (χ1v) is 5.17. The van der Waals surface area contributed by atoms with E-state index in [9.17, 15) is 18.0 Å².